The number of hydrogen-bond donors (Lipinski definition) is 1. The molecular formula is C18H14N2O5. The van der Waals surface area contributed by atoms with Gasteiger partial charge in [-0.15, -0.1) is 0 Å². The number of anilines is 1. The molecule has 1 heterocycles. The molecule has 3 amide bonds. The summed E-state index contributed by atoms with van der Waals surface area (Å²) in [7, 11) is 0. The normalized spacial score (nSPS) is 12.9. The van der Waals surface area contributed by atoms with Crippen molar-refractivity contribution in [1.82, 2.24) is 4.90 Å². The molecule has 2 aromatic rings. The zero-order valence-corrected chi connectivity index (χ0v) is 13.3. The van der Waals surface area contributed by atoms with Gasteiger partial charge in [0.15, 0.2) is 0 Å². The van der Waals surface area contributed by atoms with E-state index in [0.717, 1.165) is 4.90 Å². The Bertz CT molecular complexity index is 854. The first kappa shape index (κ1) is 16.4. The van der Waals surface area contributed by atoms with E-state index in [4.69, 9.17) is 5.11 Å². The number of fused-ring (bicyclic) bond motifs is 1. The van der Waals surface area contributed by atoms with E-state index in [1.807, 2.05) is 0 Å². The molecule has 0 saturated heterocycles. The van der Waals surface area contributed by atoms with Crippen LogP contribution in [0.5, 0.6) is 0 Å². The highest BCUT2D eigenvalue weighted by Crippen LogP contribution is 2.24. The number of carboxylic acids is 1. The summed E-state index contributed by atoms with van der Waals surface area (Å²) in [6.07, 6.45) is 0. The van der Waals surface area contributed by atoms with Crippen molar-refractivity contribution in [2.45, 2.75) is 6.92 Å². The van der Waals surface area contributed by atoms with Crippen molar-refractivity contribution in [3.05, 3.63) is 65.2 Å². The summed E-state index contributed by atoms with van der Waals surface area (Å²) in [5.74, 6) is -2.39. The van der Waals surface area contributed by atoms with Crippen LogP contribution in [-0.2, 0) is 4.79 Å². The molecule has 0 unspecified atom stereocenters. The summed E-state index contributed by atoms with van der Waals surface area (Å²) in [5, 5.41) is 8.94. The lowest BCUT2D eigenvalue weighted by Crippen LogP contribution is -2.43. The van der Waals surface area contributed by atoms with Crippen LogP contribution in [-0.4, -0.2) is 40.4 Å². The molecule has 0 bridgehead atoms. The van der Waals surface area contributed by atoms with Crippen molar-refractivity contribution in [2.24, 2.45) is 0 Å². The smallest absolute Gasteiger partial charge is 0.335 e. The van der Waals surface area contributed by atoms with E-state index in [2.05, 4.69) is 0 Å². The Morgan fingerprint density at radius 2 is 1.48 bits per heavy atom. The maximum Gasteiger partial charge on any atom is 0.335 e. The van der Waals surface area contributed by atoms with E-state index in [9.17, 15) is 19.2 Å². The van der Waals surface area contributed by atoms with Gasteiger partial charge in [-0.25, -0.2) is 4.79 Å². The number of rotatable bonds is 4. The minimum Gasteiger partial charge on any atom is -0.478 e. The molecule has 126 valence electrons. The summed E-state index contributed by atoms with van der Waals surface area (Å²) >= 11 is 0. The van der Waals surface area contributed by atoms with Gasteiger partial charge >= 0.3 is 5.97 Å². The highest BCUT2D eigenvalue weighted by molar-refractivity contribution is 6.21. The van der Waals surface area contributed by atoms with Gasteiger partial charge in [-0.05, 0) is 36.4 Å². The number of hydrogen-bond acceptors (Lipinski definition) is 4. The van der Waals surface area contributed by atoms with Gasteiger partial charge < -0.3 is 5.11 Å². The third-order valence-electron chi connectivity index (χ3n) is 3.97. The molecule has 2 aromatic carbocycles. The van der Waals surface area contributed by atoms with Crippen molar-refractivity contribution in [2.75, 3.05) is 11.6 Å². The Morgan fingerprint density at radius 1 is 0.960 bits per heavy atom. The van der Waals surface area contributed by atoms with Crippen molar-refractivity contribution in [3.8, 4) is 0 Å². The van der Waals surface area contributed by atoms with Gasteiger partial charge in [0.05, 0.1) is 16.7 Å². The number of amides is 3. The monoisotopic (exact) mass is 338 g/mol. The Balaban J connectivity index is 1.89. The quantitative estimate of drug-likeness (QED) is 0.860. The van der Waals surface area contributed by atoms with Gasteiger partial charge in [0.25, 0.3) is 11.8 Å². The van der Waals surface area contributed by atoms with Gasteiger partial charge in [0, 0.05) is 12.6 Å². The maximum atomic E-state index is 12.4. The molecule has 0 aromatic heterocycles. The second-order valence-corrected chi connectivity index (χ2v) is 5.52. The number of benzene rings is 2. The minimum atomic E-state index is -1.08. The van der Waals surface area contributed by atoms with E-state index < -0.39 is 17.8 Å². The molecular weight excluding hydrogens is 324 g/mol. The molecule has 0 spiro atoms. The van der Waals surface area contributed by atoms with Crippen molar-refractivity contribution in [3.63, 3.8) is 0 Å². The number of aromatic carboxylic acids is 1. The number of carbonyl (C=O) groups is 4. The van der Waals surface area contributed by atoms with Crippen LogP contribution in [0.3, 0.4) is 0 Å². The highest BCUT2D eigenvalue weighted by atomic mass is 16.4. The molecule has 0 atom stereocenters. The SMILES string of the molecule is CC(=O)N(CN1C(=O)c2ccccc2C1=O)c1ccc(C(=O)O)cc1. The van der Waals surface area contributed by atoms with E-state index in [1.165, 1.54) is 36.1 Å². The van der Waals surface area contributed by atoms with E-state index in [0.29, 0.717) is 16.8 Å². The molecule has 0 fully saturated rings. The fourth-order valence-electron chi connectivity index (χ4n) is 2.66. The summed E-state index contributed by atoms with van der Waals surface area (Å²) in [4.78, 5) is 50.0. The van der Waals surface area contributed by atoms with Crippen molar-refractivity contribution >= 4 is 29.4 Å². The summed E-state index contributed by atoms with van der Waals surface area (Å²) in [6, 6.07) is 12.1. The molecule has 0 radical (unpaired) electrons. The van der Waals surface area contributed by atoms with Gasteiger partial charge in [-0.3, -0.25) is 24.2 Å². The average molecular weight is 338 g/mol. The lowest BCUT2D eigenvalue weighted by molar-refractivity contribution is -0.116. The van der Waals surface area contributed by atoms with Crippen LogP contribution in [0.25, 0.3) is 0 Å². The highest BCUT2D eigenvalue weighted by Gasteiger charge is 2.36. The summed E-state index contributed by atoms with van der Waals surface area (Å²) in [5.41, 5.74) is 1.08. The van der Waals surface area contributed by atoms with E-state index >= 15 is 0 Å². The fourth-order valence-corrected chi connectivity index (χ4v) is 2.66. The van der Waals surface area contributed by atoms with Crippen molar-refractivity contribution in [1.29, 1.82) is 0 Å². The fraction of sp³-hybridized carbons (Fsp3) is 0.111. The predicted octanol–water partition coefficient (Wildman–Crippen LogP) is 1.99. The molecule has 3 rings (SSSR count). The Morgan fingerprint density at radius 3 is 1.92 bits per heavy atom. The molecule has 1 aliphatic rings. The van der Waals surface area contributed by atoms with Crippen LogP contribution >= 0.6 is 0 Å². The minimum absolute atomic E-state index is 0.0768. The van der Waals surface area contributed by atoms with Crippen LogP contribution in [0.15, 0.2) is 48.5 Å². The predicted molar refractivity (Wildman–Crippen MR) is 88.4 cm³/mol. The third kappa shape index (κ3) is 2.87. The Kier molecular flexibility index (Phi) is 4.06. The third-order valence-corrected chi connectivity index (χ3v) is 3.97. The standard InChI is InChI=1S/C18H14N2O5/c1-11(21)19(13-8-6-12(7-9-13)18(24)25)10-20-16(22)14-4-2-3-5-15(14)17(20)23/h2-9H,10H2,1H3,(H,24,25). The van der Waals surface area contributed by atoms with Crippen LogP contribution < -0.4 is 4.90 Å². The molecule has 1 aliphatic heterocycles. The topological polar surface area (TPSA) is 95.0 Å². The zero-order chi connectivity index (χ0) is 18.1. The zero-order valence-electron chi connectivity index (χ0n) is 13.3. The number of imide groups is 1. The number of carboxylic acid groups (broad SMARTS) is 1. The lowest BCUT2D eigenvalue weighted by atomic mass is 10.1. The van der Waals surface area contributed by atoms with Crippen LogP contribution in [0.2, 0.25) is 0 Å². The second-order valence-electron chi connectivity index (χ2n) is 5.52. The van der Waals surface area contributed by atoms with Crippen LogP contribution in [0, 0.1) is 0 Å². The summed E-state index contributed by atoms with van der Waals surface area (Å²) in [6.45, 7) is 1.07. The second kappa shape index (κ2) is 6.20. The molecule has 7 nitrogen and oxygen atoms in total. The molecule has 0 saturated carbocycles. The molecule has 25 heavy (non-hydrogen) atoms. The number of carbonyl (C=O) groups excluding carboxylic acids is 3. The first-order valence-corrected chi connectivity index (χ1v) is 7.47. The lowest BCUT2D eigenvalue weighted by Gasteiger charge is -2.26. The van der Waals surface area contributed by atoms with Gasteiger partial charge in [0.2, 0.25) is 5.91 Å². The van der Waals surface area contributed by atoms with Gasteiger partial charge in [0.1, 0.15) is 6.67 Å². The van der Waals surface area contributed by atoms with E-state index in [1.54, 1.807) is 24.3 Å². The maximum absolute atomic E-state index is 12.4. The largest absolute Gasteiger partial charge is 0.478 e. The first-order chi connectivity index (χ1) is 11.9. The first-order valence-electron chi connectivity index (χ1n) is 7.47. The Hall–Kier alpha value is -3.48. The van der Waals surface area contributed by atoms with E-state index in [-0.39, 0.29) is 18.1 Å². The Labute approximate surface area is 143 Å². The van der Waals surface area contributed by atoms with Crippen LogP contribution in [0.4, 0.5) is 5.69 Å². The van der Waals surface area contributed by atoms with Gasteiger partial charge in [-0.1, -0.05) is 12.1 Å². The van der Waals surface area contributed by atoms with Crippen molar-refractivity contribution < 1.29 is 24.3 Å². The van der Waals surface area contributed by atoms with Crippen LogP contribution in [0.1, 0.15) is 38.0 Å². The molecule has 7 heteroatoms. The summed E-state index contributed by atoms with van der Waals surface area (Å²) < 4.78 is 0. The average Bonchev–Trinajstić information content (AvgIpc) is 2.84. The molecule has 0 aliphatic carbocycles. The number of nitrogens with zero attached hydrogens (tertiary/aromatic N) is 2. The van der Waals surface area contributed by atoms with Gasteiger partial charge in [-0.2, -0.15) is 0 Å². The molecule has 1 N–H and O–H groups in total.